The lowest BCUT2D eigenvalue weighted by Crippen LogP contribution is -2.43. The van der Waals surface area contributed by atoms with E-state index in [4.69, 9.17) is 4.74 Å². The number of nitrogens with one attached hydrogen (secondary N) is 2. The van der Waals surface area contributed by atoms with Crippen LogP contribution >= 0.6 is 0 Å². The molecule has 0 radical (unpaired) electrons. The summed E-state index contributed by atoms with van der Waals surface area (Å²) in [6.07, 6.45) is 4.76. The summed E-state index contributed by atoms with van der Waals surface area (Å²) in [4.78, 5) is 11.8. The maximum absolute atomic E-state index is 11.8. The summed E-state index contributed by atoms with van der Waals surface area (Å²) in [6.45, 7) is 3.07. The Morgan fingerprint density at radius 1 is 1.44 bits per heavy atom. The van der Waals surface area contributed by atoms with Crippen LogP contribution in [-0.4, -0.2) is 50.0 Å². The fourth-order valence-corrected chi connectivity index (χ4v) is 2.83. The zero-order valence-electron chi connectivity index (χ0n) is 10.9. The van der Waals surface area contributed by atoms with Crippen molar-refractivity contribution in [3.63, 3.8) is 0 Å². The van der Waals surface area contributed by atoms with Gasteiger partial charge in [0.25, 0.3) is 0 Å². The highest BCUT2D eigenvalue weighted by atomic mass is 16.5. The topological polar surface area (TPSA) is 70.6 Å². The summed E-state index contributed by atoms with van der Waals surface area (Å²) in [6, 6.07) is 0. The molecule has 2 fully saturated rings. The van der Waals surface area contributed by atoms with E-state index in [1.165, 1.54) is 0 Å². The van der Waals surface area contributed by atoms with Crippen LogP contribution < -0.4 is 10.6 Å². The molecular weight excluding hydrogens is 232 g/mol. The molecule has 1 aliphatic heterocycles. The average molecular weight is 256 g/mol. The van der Waals surface area contributed by atoms with Gasteiger partial charge >= 0.3 is 0 Å². The normalized spacial score (nSPS) is 27.1. The molecule has 1 amide bonds. The van der Waals surface area contributed by atoms with E-state index in [0.29, 0.717) is 19.6 Å². The maximum atomic E-state index is 11.8. The molecule has 0 aromatic rings. The lowest BCUT2D eigenvalue weighted by Gasteiger charge is -2.28. The Morgan fingerprint density at radius 2 is 2.22 bits per heavy atom. The molecule has 2 aliphatic rings. The third-order valence-electron chi connectivity index (χ3n) is 4.08. The van der Waals surface area contributed by atoms with Gasteiger partial charge in [-0.05, 0) is 12.8 Å². The van der Waals surface area contributed by atoms with Gasteiger partial charge < -0.3 is 20.5 Å². The third kappa shape index (κ3) is 3.67. The lowest BCUT2D eigenvalue weighted by atomic mass is 9.87. The van der Waals surface area contributed by atoms with E-state index in [1.54, 1.807) is 0 Å². The van der Waals surface area contributed by atoms with Crippen LogP contribution in [0.2, 0.25) is 0 Å². The molecule has 2 rings (SSSR count). The van der Waals surface area contributed by atoms with Crippen LogP contribution in [0.15, 0.2) is 0 Å². The van der Waals surface area contributed by atoms with Crippen LogP contribution in [0.3, 0.4) is 0 Å². The van der Waals surface area contributed by atoms with E-state index in [0.717, 1.165) is 38.8 Å². The second-order valence-corrected chi connectivity index (χ2v) is 5.54. The first-order valence-corrected chi connectivity index (χ1v) is 6.94. The lowest BCUT2D eigenvalue weighted by molar-refractivity contribution is -0.125. The number of carbonyl (C=O) groups excluding carboxylic acids is 1. The number of morpholine rings is 1. The van der Waals surface area contributed by atoms with Gasteiger partial charge in [-0.1, -0.05) is 12.8 Å². The molecule has 1 saturated heterocycles. The second kappa shape index (κ2) is 6.50. The molecule has 1 atom stereocenters. The SMILES string of the molecule is O=C(CC1CNCCO1)NCC1(CO)CCCC1. The number of aliphatic hydroxyl groups excluding tert-OH is 1. The van der Waals surface area contributed by atoms with Gasteiger partial charge in [0.2, 0.25) is 5.91 Å². The predicted octanol–water partition coefficient (Wildman–Crippen LogP) is 0.0338. The van der Waals surface area contributed by atoms with Gasteiger partial charge in [0.05, 0.1) is 25.7 Å². The molecule has 1 saturated carbocycles. The van der Waals surface area contributed by atoms with Crippen LogP contribution in [-0.2, 0) is 9.53 Å². The molecule has 18 heavy (non-hydrogen) atoms. The molecule has 0 bridgehead atoms. The Bertz CT molecular complexity index is 271. The van der Waals surface area contributed by atoms with Crippen LogP contribution in [0.1, 0.15) is 32.1 Å². The first-order valence-electron chi connectivity index (χ1n) is 6.94. The van der Waals surface area contributed by atoms with Gasteiger partial charge in [-0.2, -0.15) is 0 Å². The summed E-state index contributed by atoms with van der Waals surface area (Å²) in [5.74, 6) is 0.0309. The van der Waals surface area contributed by atoms with Crippen molar-refractivity contribution in [1.29, 1.82) is 0 Å². The van der Waals surface area contributed by atoms with E-state index < -0.39 is 0 Å². The molecule has 1 heterocycles. The zero-order chi connectivity index (χ0) is 12.8. The fraction of sp³-hybridized carbons (Fsp3) is 0.923. The maximum Gasteiger partial charge on any atom is 0.222 e. The van der Waals surface area contributed by atoms with E-state index in [2.05, 4.69) is 10.6 Å². The number of carbonyl (C=O) groups is 1. The van der Waals surface area contributed by atoms with Crippen molar-refractivity contribution in [2.24, 2.45) is 5.41 Å². The average Bonchev–Trinajstić information content (AvgIpc) is 2.87. The minimum Gasteiger partial charge on any atom is -0.396 e. The molecule has 0 spiro atoms. The number of rotatable bonds is 5. The highest BCUT2D eigenvalue weighted by Crippen LogP contribution is 2.36. The van der Waals surface area contributed by atoms with E-state index >= 15 is 0 Å². The Balaban J connectivity index is 1.70. The molecule has 1 unspecified atom stereocenters. The molecule has 3 N–H and O–H groups in total. The van der Waals surface area contributed by atoms with Gasteiger partial charge in [0.1, 0.15) is 0 Å². The Morgan fingerprint density at radius 3 is 2.83 bits per heavy atom. The first-order chi connectivity index (χ1) is 8.74. The highest BCUT2D eigenvalue weighted by Gasteiger charge is 2.33. The Kier molecular flexibility index (Phi) is 4.97. The van der Waals surface area contributed by atoms with Crippen molar-refractivity contribution < 1.29 is 14.6 Å². The Labute approximate surface area is 108 Å². The van der Waals surface area contributed by atoms with Gasteiger partial charge in [-0.3, -0.25) is 4.79 Å². The quantitative estimate of drug-likeness (QED) is 0.649. The summed E-state index contributed by atoms with van der Waals surface area (Å²) in [5.41, 5.74) is -0.0681. The molecule has 1 aliphatic carbocycles. The third-order valence-corrected chi connectivity index (χ3v) is 4.08. The molecule has 104 valence electrons. The van der Waals surface area contributed by atoms with Crippen molar-refractivity contribution in [3.8, 4) is 0 Å². The van der Waals surface area contributed by atoms with Gasteiger partial charge in [0, 0.05) is 25.0 Å². The van der Waals surface area contributed by atoms with E-state index in [1.807, 2.05) is 0 Å². The summed E-state index contributed by atoms with van der Waals surface area (Å²) in [5, 5.41) is 15.6. The van der Waals surface area contributed by atoms with Gasteiger partial charge in [-0.25, -0.2) is 0 Å². The van der Waals surface area contributed by atoms with Gasteiger partial charge in [0.15, 0.2) is 0 Å². The minimum absolute atomic E-state index is 0.00703. The van der Waals surface area contributed by atoms with Crippen molar-refractivity contribution in [1.82, 2.24) is 10.6 Å². The van der Waals surface area contributed by atoms with E-state index in [9.17, 15) is 9.90 Å². The summed E-state index contributed by atoms with van der Waals surface area (Å²) < 4.78 is 5.50. The number of amides is 1. The number of hydrogen-bond donors (Lipinski definition) is 3. The smallest absolute Gasteiger partial charge is 0.222 e. The van der Waals surface area contributed by atoms with Crippen molar-refractivity contribution in [3.05, 3.63) is 0 Å². The number of hydrogen-bond acceptors (Lipinski definition) is 4. The number of aliphatic hydroxyl groups is 1. The van der Waals surface area contributed by atoms with E-state index in [-0.39, 0.29) is 24.0 Å². The largest absolute Gasteiger partial charge is 0.396 e. The molecular formula is C13H24N2O3. The minimum atomic E-state index is -0.0681. The standard InChI is InChI=1S/C13H24N2O3/c16-10-13(3-1-2-4-13)9-15-12(17)7-11-8-14-5-6-18-11/h11,14,16H,1-10H2,(H,15,17). The van der Waals surface area contributed by atoms with Crippen molar-refractivity contribution in [2.45, 2.75) is 38.2 Å². The highest BCUT2D eigenvalue weighted by molar-refractivity contribution is 5.76. The van der Waals surface area contributed by atoms with Crippen LogP contribution in [0.4, 0.5) is 0 Å². The molecule has 0 aromatic carbocycles. The van der Waals surface area contributed by atoms with Crippen molar-refractivity contribution >= 4 is 5.91 Å². The van der Waals surface area contributed by atoms with Crippen LogP contribution in [0.5, 0.6) is 0 Å². The summed E-state index contributed by atoms with van der Waals surface area (Å²) >= 11 is 0. The summed E-state index contributed by atoms with van der Waals surface area (Å²) in [7, 11) is 0. The number of ether oxygens (including phenoxy) is 1. The molecule has 0 aromatic heterocycles. The predicted molar refractivity (Wildman–Crippen MR) is 68.2 cm³/mol. The Hall–Kier alpha value is -0.650. The van der Waals surface area contributed by atoms with Crippen LogP contribution in [0, 0.1) is 5.41 Å². The first kappa shape index (κ1) is 13.8. The molecule has 5 nitrogen and oxygen atoms in total. The fourth-order valence-electron chi connectivity index (χ4n) is 2.83. The van der Waals surface area contributed by atoms with Crippen LogP contribution in [0.25, 0.3) is 0 Å². The van der Waals surface area contributed by atoms with Gasteiger partial charge in [-0.15, -0.1) is 0 Å². The second-order valence-electron chi connectivity index (χ2n) is 5.54. The monoisotopic (exact) mass is 256 g/mol. The molecule has 5 heteroatoms. The zero-order valence-corrected chi connectivity index (χ0v) is 10.9. The van der Waals surface area contributed by atoms with Crippen molar-refractivity contribution in [2.75, 3.05) is 32.8 Å².